The van der Waals surface area contributed by atoms with Gasteiger partial charge in [0.05, 0.1) is 11.6 Å². The van der Waals surface area contributed by atoms with E-state index in [4.69, 9.17) is 16.3 Å². The maximum absolute atomic E-state index is 6.30. The maximum Gasteiger partial charge on any atom is 0.137 e. The van der Waals surface area contributed by atoms with Gasteiger partial charge in [-0.3, -0.25) is 0 Å². The molecular formula is C17H28ClNO. The Labute approximate surface area is 128 Å². The summed E-state index contributed by atoms with van der Waals surface area (Å²) in [5.41, 5.74) is 1.21. The van der Waals surface area contributed by atoms with E-state index in [-0.39, 0.29) is 0 Å². The van der Waals surface area contributed by atoms with E-state index in [1.165, 1.54) is 12.0 Å². The summed E-state index contributed by atoms with van der Waals surface area (Å²) in [4.78, 5) is 0. The van der Waals surface area contributed by atoms with Crippen molar-refractivity contribution in [1.29, 1.82) is 0 Å². The summed E-state index contributed by atoms with van der Waals surface area (Å²) in [6.45, 7) is 10.5. The van der Waals surface area contributed by atoms with Gasteiger partial charge >= 0.3 is 0 Å². The molecule has 1 atom stereocenters. The van der Waals surface area contributed by atoms with Crippen molar-refractivity contribution in [3.8, 4) is 5.75 Å². The van der Waals surface area contributed by atoms with Gasteiger partial charge in [-0.05, 0) is 56.3 Å². The number of hydrogen-bond donors (Lipinski definition) is 1. The quantitative estimate of drug-likeness (QED) is 0.631. The van der Waals surface area contributed by atoms with Crippen LogP contribution < -0.4 is 10.1 Å². The van der Waals surface area contributed by atoms with Gasteiger partial charge in [0.15, 0.2) is 0 Å². The molecular weight excluding hydrogens is 270 g/mol. The third-order valence-electron chi connectivity index (χ3n) is 3.34. The van der Waals surface area contributed by atoms with E-state index < -0.39 is 0 Å². The lowest BCUT2D eigenvalue weighted by molar-refractivity contribution is 0.298. The Morgan fingerprint density at radius 2 is 2.00 bits per heavy atom. The summed E-state index contributed by atoms with van der Waals surface area (Å²) in [7, 11) is 0. The van der Waals surface area contributed by atoms with Crippen LogP contribution in [0.3, 0.4) is 0 Å². The molecule has 1 unspecified atom stereocenters. The van der Waals surface area contributed by atoms with Gasteiger partial charge in [-0.2, -0.15) is 0 Å². The second-order valence-electron chi connectivity index (χ2n) is 5.75. The molecule has 114 valence electrons. The Morgan fingerprint density at radius 1 is 1.25 bits per heavy atom. The molecule has 0 radical (unpaired) electrons. The number of ether oxygens (including phenoxy) is 1. The average molecular weight is 298 g/mol. The first kappa shape index (κ1) is 17.3. The van der Waals surface area contributed by atoms with Crippen LogP contribution in [-0.4, -0.2) is 13.2 Å². The zero-order valence-corrected chi connectivity index (χ0v) is 14.0. The second kappa shape index (κ2) is 9.25. The van der Waals surface area contributed by atoms with Gasteiger partial charge < -0.3 is 10.1 Å². The van der Waals surface area contributed by atoms with E-state index in [1.807, 2.05) is 12.1 Å². The van der Waals surface area contributed by atoms with E-state index in [0.29, 0.717) is 11.1 Å². The Bertz CT molecular complexity index is 393. The zero-order valence-electron chi connectivity index (χ0n) is 13.2. The standard InChI is InChI=1S/C17H28ClNO/c1-5-10-19-14(4)15-8-9-17(16(18)12-15)20-11-6-7-13(2)3/h8-9,12-14,19H,5-7,10-11H2,1-4H3. The highest BCUT2D eigenvalue weighted by molar-refractivity contribution is 6.32. The molecule has 0 saturated heterocycles. The number of halogens is 1. The third-order valence-corrected chi connectivity index (χ3v) is 3.64. The SMILES string of the molecule is CCCNC(C)c1ccc(OCCCC(C)C)c(Cl)c1. The van der Waals surface area contributed by atoms with Gasteiger partial charge in [0.1, 0.15) is 5.75 Å². The summed E-state index contributed by atoms with van der Waals surface area (Å²) in [5, 5.41) is 4.17. The van der Waals surface area contributed by atoms with Crippen molar-refractivity contribution in [2.75, 3.05) is 13.2 Å². The maximum atomic E-state index is 6.30. The average Bonchev–Trinajstić information content (AvgIpc) is 2.42. The normalized spacial score (nSPS) is 12.7. The summed E-state index contributed by atoms with van der Waals surface area (Å²) in [6, 6.07) is 6.41. The predicted molar refractivity (Wildman–Crippen MR) is 87.7 cm³/mol. The van der Waals surface area contributed by atoms with Gasteiger partial charge in [-0.25, -0.2) is 0 Å². The molecule has 0 bridgehead atoms. The van der Waals surface area contributed by atoms with Gasteiger partial charge in [0.2, 0.25) is 0 Å². The molecule has 0 aliphatic rings. The number of rotatable bonds is 9. The van der Waals surface area contributed by atoms with Crippen LogP contribution in [0, 0.1) is 5.92 Å². The van der Waals surface area contributed by atoms with E-state index in [0.717, 1.165) is 37.7 Å². The summed E-state index contributed by atoms with van der Waals surface area (Å²) in [5.74, 6) is 1.52. The van der Waals surface area contributed by atoms with Crippen molar-refractivity contribution < 1.29 is 4.74 Å². The van der Waals surface area contributed by atoms with Crippen molar-refractivity contribution >= 4 is 11.6 Å². The molecule has 0 spiro atoms. The molecule has 1 aromatic carbocycles. The Balaban J connectivity index is 2.50. The first-order valence-corrected chi connectivity index (χ1v) is 8.08. The van der Waals surface area contributed by atoms with Crippen LogP contribution in [0.15, 0.2) is 18.2 Å². The van der Waals surface area contributed by atoms with Crippen molar-refractivity contribution in [3.05, 3.63) is 28.8 Å². The number of benzene rings is 1. The fourth-order valence-electron chi connectivity index (χ4n) is 2.06. The minimum atomic E-state index is 0.322. The lowest BCUT2D eigenvalue weighted by Crippen LogP contribution is -2.19. The monoisotopic (exact) mass is 297 g/mol. The predicted octanol–water partition coefficient (Wildman–Crippen LogP) is 5.22. The van der Waals surface area contributed by atoms with Crippen LogP contribution in [0.25, 0.3) is 0 Å². The minimum Gasteiger partial charge on any atom is -0.492 e. The van der Waals surface area contributed by atoms with Gasteiger partial charge in [-0.15, -0.1) is 0 Å². The van der Waals surface area contributed by atoms with Crippen LogP contribution >= 0.6 is 11.6 Å². The molecule has 0 saturated carbocycles. The van der Waals surface area contributed by atoms with Crippen molar-refractivity contribution in [1.82, 2.24) is 5.32 Å². The second-order valence-corrected chi connectivity index (χ2v) is 6.16. The lowest BCUT2D eigenvalue weighted by atomic mass is 10.1. The number of nitrogens with one attached hydrogen (secondary N) is 1. The molecule has 0 aromatic heterocycles. The third kappa shape index (κ3) is 6.15. The molecule has 1 N–H and O–H groups in total. The van der Waals surface area contributed by atoms with Crippen LogP contribution in [0.2, 0.25) is 5.02 Å². The smallest absolute Gasteiger partial charge is 0.137 e. The van der Waals surface area contributed by atoms with Gasteiger partial charge in [0, 0.05) is 6.04 Å². The molecule has 0 fully saturated rings. The molecule has 3 heteroatoms. The highest BCUT2D eigenvalue weighted by Crippen LogP contribution is 2.28. The molecule has 0 aliphatic heterocycles. The summed E-state index contributed by atoms with van der Waals surface area (Å²) in [6.07, 6.45) is 3.40. The highest BCUT2D eigenvalue weighted by Gasteiger charge is 2.08. The molecule has 2 nitrogen and oxygen atoms in total. The van der Waals surface area contributed by atoms with E-state index in [1.54, 1.807) is 0 Å². The summed E-state index contributed by atoms with van der Waals surface area (Å²) >= 11 is 6.30. The first-order chi connectivity index (χ1) is 9.54. The zero-order chi connectivity index (χ0) is 15.0. The van der Waals surface area contributed by atoms with E-state index >= 15 is 0 Å². The first-order valence-electron chi connectivity index (χ1n) is 7.70. The van der Waals surface area contributed by atoms with E-state index in [9.17, 15) is 0 Å². The lowest BCUT2D eigenvalue weighted by Gasteiger charge is -2.15. The number of hydrogen-bond acceptors (Lipinski definition) is 2. The van der Waals surface area contributed by atoms with Gasteiger partial charge in [-0.1, -0.05) is 38.4 Å². The highest BCUT2D eigenvalue weighted by atomic mass is 35.5. The summed E-state index contributed by atoms with van der Waals surface area (Å²) < 4.78 is 5.75. The van der Waals surface area contributed by atoms with Crippen LogP contribution in [0.4, 0.5) is 0 Å². The van der Waals surface area contributed by atoms with Gasteiger partial charge in [0.25, 0.3) is 0 Å². The Morgan fingerprint density at radius 3 is 2.60 bits per heavy atom. The molecule has 0 amide bonds. The fraction of sp³-hybridized carbons (Fsp3) is 0.647. The minimum absolute atomic E-state index is 0.322. The Kier molecular flexibility index (Phi) is 8.01. The molecule has 0 aliphatic carbocycles. The van der Waals surface area contributed by atoms with Crippen LogP contribution in [0.1, 0.15) is 58.6 Å². The topological polar surface area (TPSA) is 21.3 Å². The molecule has 20 heavy (non-hydrogen) atoms. The van der Waals surface area contributed by atoms with Crippen molar-refractivity contribution in [2.45, 2.75) is 53.0 Å². The molecule has 0 heterocycles. The molecule has 1 aromatic rings. The van der Waals surface area contributed by atoms with Crippen molar-refractivity contribution in [3.63, 3.8) is 0 Å². The van der Waals surface area contributed by atoms with Crippen LogP contribution in [-0.2, 0) is 0 Å². The van der Waals surface area contributed by atoms with E-state index in [2.05, 4.69) is 39.1 Å². The Hall–Kier alpha value is -0.730. The largest absolute Gasteiger partial charge is 0.492 e. The molecule has 1 rings (SSSR count). The van der Waals surface area contributed by atoms with Crippen molar-refractivity contribution in [2.24, 2.45) is 5.92 Å². The van der Waals surface area contributed by atoms with Crippen LogP contribution in [0.5, 0.6) is 5.75 Å². The fourth-order valence-corrected chi connectivity index (χ4v) is 2.30.